The second kappa shape index (κ2) is 5.98. The minimum atomic E-state index is 0.360. The molecule has 0 saturated heterocycles. The number of hydrogen-bond donors (Lipinski definition) is 0. The molecule has 5 heteroatoms. The third-order valence-electron chi connectivity index (χ3n) is 1.81. The lowest BCUT2D eigenvalue weighted by Crippen LogP contribution is -1.91. The summed E-state index contributed by atoms with van der Waals surface area (Å²) in [6.07, 6.45) is 3.48. The van der Waals surface area contributed by atoms with Gasteiger partial charge in [-0.1, -0.05) is 30.3 Å². The SMILES string of the molecule is O=C=C1C=CC(c2ccccc2)=N1.[N-]=[N+]=[N-]. The number of nitrogens with zero attached hydrogens (tertiary/aromatic N) is 4. The summed E-state index contributed by atoms with van der Waals surface area (Å²) in [7, 11) is 0. The summed E-state index contributed by atoms with van der Waals surface area (Å²) in [6.45, 7) is 0. The molecule has 78 valence electrons. The first-order chi connectivity index (χ1) is 7.81. The molecule has 0 spiro atoms. The van der Waals surface area contributed by atoms with Gasteiger partial charge in [0.2, 0.25) is 0 Å². The van der Waals surface area contributed by atoms with Gasteiger partial charge in [-0.15, -0.1) is 0 Å². The fourth-order valence-corrected chi connectivity index (χ4v) is 1.19. The number of carbonyl (C=O) groups excluding carboxylic acids is 1. The maximum atomic E-state index is 10.3. The Morgan fingerprint density at radius 1 is 1.12 bits per heavy atom. The molecule has 2 rings (SSSR count). The normalized spacial score (nSPS) is 12.0. The van der Waals surface area contributed by atoms with Crippen LogP contribution in [-0.2, 0) is 4.79 Å². The Kier molecular flexibility index (Phi) is 4.29. The summed E-state index contributed by atoms with van der Waals surface area (Å²) in [6, 6.07) is 9.73. The first kappa shape index (κ1) is 11.5. The van der Waals surface area contributed by atoms with Crippen molar-refractivity contribution in [3.05, 3.63) is 69.7 Å². The lowest BCUT2D eigenvalue weighted by atomic mass is 10.1. The van der Waals surface area contributed by atoms with Crippen LogP contribution in [0.5, 0.6) is 0 Å². The molecule has 0 atom stereocenters. The fraction of sp³-hybridized carbons (Fsp3) is 0. The summed E-state index contributed by atoms with van der Waals surface area (Å²) in [4.78, 5) is 15.8. The molecule has 0 aromatic heterocycles. The molecule has 0 unspecified atom stereocenters. The highest BCUT2D eigenvalue weighted by Gasteiger charge is 2.05. The van der Waals surface area contributed by atoms with Gasteiger partial charge in [0.25, 0.3) is 0 Å². The van der Waals surface area contributed by atoms with Crippen molar-refractivity contribution in [2.75, 3.05) is 0 Å². The number of hydrogen-bond acceptors (Lipinski definition) is 2. The predicted molar refractivity (Wildman–Crippen MR) is 61.4 cm³/mol. The quantitative estimate of drug-likeness (QED) is 0.304. The van der Waals surface area contributed by atoms with Gasteiger partial charge in [0, 0.05) is 5.56 Å². The molecular weight excluding hydrogens is 204 g/mol. The standard InChI is InChI=1S/C11H7NO.N3/c13-8-10-6-7-11(12-10)9-4-2-1-3-5-9;1-3-2/h1-7H;/q;-1. The zero-order chi connectivity index (χ0) is 11.8. The summed E-state index contributed by atoms with van der Waals surface area (Å²) in [5.41, 5.74) is 15.7. The van der Waals surface area contributed by atoms with Crippen LogP contribution in [-0.4, -0.2) is 11.7 Å². The topological polar surface area (TPSA) is 88.1 Å². The first-order valence-corrected chi connectivity index (χ1v) is 4.37. The maximum Gasteiger partial charge on any atom is 0.152 e. The predicted octanol–water partition coefficient (Wildman–Crippen LogP) is 2.63. The highest BCUT2D eigenvalue weighted by molar-refractivity contribution is 6.11. The van der Waals surface area contributed by atoms with Crippen molar-refractivity contribution < 1.29 is 4.79 Å². The van der Waals surface area contributed by atoms with Crippen LogP contribution in [0.15, 0.2) is 53.2 Å². The Labute approximate surface area is 91.9 Å². The monoisotopic (exact) mass is 211 g/mol. The van der Waals surface area contributed by atoms with E-state index in [-0.39, 0.29) is 0 Å². The molecule has 1 aromatic rings. The number of aliphatic imine (C=N–C) groups is 1. The summed E-state index contributed by atoms with van der Waals surface area (Å²) >= 11 is 0. The second-order valence-corrected chi connectivity index (χ2v) is 2.77. The highest BCUT2D eigenvalue weighted by Crippen LogP contribution is 2.11. The maximum absolute atomic E-state index is 10.3. The first-order valence-electron chi connectivity index (χ1n) is 4.37. The minimum absolute atomic E-state index is 0.360. The van der Waals surface area contributed by atoms with Crippen molar-refractivity contribution in [3.8, 4) is 0 Å². The largest absolute Gasteiger partial charge is 0.373 e. The molecule has 5 nitrogen and oxygen atoms in total. The zero-order valence-corrected chi connectivity index (χ0v) is 8.24. The Hall–Kier alpha value is -2.61. The van der Waals surface area contributed by atoms with Crippen LogP contribution in [0, 0.1) is 0 Å². The van der Waals surface area contributed by atoms with Crippen molar-refractivity contribution in [1.29, 1.82) is 0 Å². The Morgan fingerprint density at radius 2 is 1.75 bits per heavy atom. The van der Waals surface area contributed by atoms with E-state index in [1.54, 1.807) is 12.0 Å². The number of rotatable bonds is 1. The third kappa shape index (κ3) is 2.96. The van der Waals surface area contributed by atoms with Crippen LogP contribution in [0.4, 0.5) is 0 Å². The van der Waals surface area contributed by atoms with Gasteiger partial charge in [-0.25, -0.2) is 9.79 Å². The van der Waals surface area contributed by atoms with Crippen molar-refractivity contribution in [2.24, 2.45) is 4.99 Å². The van der Waals surface area contributed by atoms with Gasteiger partial charge in [0.15, 0.2) is 5.94 Å². The minimum Gasteiger partial charge on any atom is -0.373 e. The van der Waals surface area contributed by atoms with Gasteiger partial charge < -0.3 is 11.1 Å². The third-order valence-corrected chi connectivity index (χ3v) is 1.81. The second-order valence-electron chi connectivity index (χ2n) is 2.77. The van der Waals surface area contributed by atoms with E-state index in [1.807, 2.05) is 36.4 Å². The van der Waals surface area contributed by atoms with E-state index >= 15 is 0 Å². The number of benzene rings is 1. The molecule has 1 aromatic carbocycles. The van der Waals surface area contributed by atoms with Crippen LogP contribution in [0.25, 0.3) is 16.0 Å². The van der Waals surface area contributed by atoms with Gasteiger partial charge in [0.1, 0.15) is 5.70 Å². The van der Waals surface area contributed by atoms with E-state index in [4.69, 9.17) is 11.1 Å². The van der Waals surface area contributed by atoms with E-state index in [1.165, 1.54) is 4.91 Å². The molecule has 0 aliphatic carbocycles. The van der Waals surface area contributed by atoms with Crippen LogP contribution in [0.3, 0.4) is 0 Å². The molecule has 16 heavy (non-hydrogen) atoms. The van der Waals surface area contributed by atoms with Gasteiger partial charge in [-0.2, -0.15) is 0 Å². The molecule has 1 aliphatic heterocycles. The summed E-state index contributed by atoms with van der Waals surface area (Å²) < 4.78 is 0. The smallest absolute Gasteiger partial charge is 0.152 e. The average Bonchev–Trinajstić information content (AvgIpc) is 2.80. The molecule has 0 fully saturated rings. The van der Waals surface area contributed by atoms with Crippen LogP contribution < -0.4 is 0 Å². The van der Waals surface area contributed by atoms with E-state index in [0.29, 0.717) is 5.70 Å². The van der Waals surface area contributed by atoms with Crippen LogP contribution in [0.2, 0.25) is 0 Å². The van der Waals surface area contributed by atoms with E-state index < -0.39 is 0 Å². The lowest BCUT2D eigenvalue weighted by Gasteiger charge is -1.94. The molecule has 0 N–H and O–H groups in total. The van der Waals surface area contributed by atoms with Gasteiger partial charge in [0.05, 0.1) is 5.71 Å². The lowest BCUT2D eigenvalue weighted by molar-refractivity contribution is 0.567. The molecule has 0 radical (unpaired) electrons. The Balaban J connectivity index is 0.000000386. The Bertz CT molecular complexity index is 504. The Morgan fingerprint density at radius 3 is 2.25 bits per heavy atom. The summed E-state index contributed by atoms with van der Waals surface area (Å²) in [5.74, 6) is 1.76. The molecule has 1 aliphatic rings. The zero-order valence-electron chi connectivity index (χ0n) is 8.24. The van der Waals surface area contributed by atoms with Crippen LogP contribution >= 0.6 is 0 Å². The molecule has 0 saturated carbocycles. The van der Waals surface area contributed by atoms with E-state index in [0.717, 1.165) is 11.3 Å². The highest BCUT2D eigenvalue weighted by atomic mass is 16.1. The van der Waals surface area contributed by atoms with Crippen molar-refractivity contribution >= 4 is 11.7 Å². The van der Waals surface area contributed by atoms with Crippen molar-refractivity contribution in [3.63, 3.8) is 0 Å². The number of allylic oxidation sites excluding steroid dienone is 2. The van der Waals surface area contributed by atoms with Gasteiger partial charge >= 0.3 is 0 Å². The molecule has 0 bridgehead atoms. The van der Waals surface area contributed by atoms with Crippen molar-refractivity contribution in [1.82, 2.24) is 0 Å². The van der Waals surface area contributed by atoms with Gasteiger partial charge in [-0.05, 0) is 12.2 Å². The van der Waals surface area contributed by atoms with Gasteiger partial charge in [-0.3, -0.25) is 4.91 Å². The average molecular weight is 211 g/mol. The molecular formula is C11H7N4O-. The molecule has 1 heterocycles. The fourth-order valence-electron chi connectivity index (χ4n) is 1.19. The van der Waals surface area contributed by atoms with Crippen molar-refractivity contribution in [2.45, 2.75) is 0 Å². The molecule has 0 amide bonds. The van der Waals surface area contributed by atoms with E-state index in [9.17, 15) is 4.79 Å². The van der Waals surface area contributed by atoms with E-state index in [2.05, 4.69) is 4.99 Å². The van der Waals surface area contributed by atoms with Crippen LogP contribution in [0.1, 0.15) is 5.56 Å². The summed E-state index contributed by atoms with van der Waals surface area (Å²) in [5, 5.41) is 0.